The Labute approximate surface area is 193 Å². The van der Waals surface area contributed by atoms with Gasteiger partial charge < -0.3 is 15.0 Å². The van der Waals surface area contributed by atoms with E-state index in [2.05, 4.69) is 15.1 Å². The maximum absolute atomic E-state index is 13.5. The van der Waals surface area contributed by atoms with Gasteiger partial charge in [-0.2, -0.15) is 0 Å². The van der Waals surface area contributed by atoms with E-state index in [1.807, 2.05) is 30.3 Å². The van der Waals surface area contributed by atoms with Crippen LogP contribution in [-0.4, -0.2) is 61.7 Å². The number of fused-ring (bicyclic) bond motifs is 1. The molecule has 2 aliphatic heterocycles. The summed E-state index contributed by atoms with van der Waals surface area (Å²) in [6.45, 7) is 5.10. The van der Waals surface area contributed by atoms with Crippen molar-refractivity contribution in [3.63, 3.8) is 0 Å². The van der Waals surface area contributed by atoms with Gasteiger partial charge in [-0.1, -0.05) is 30.3 Å². The number of rotatable bonds is 6. The summed E-state index contributed by atoms with van der Waals surface area (Å²) in [5.41, 5.74) is 2.49. The molecule has 33 heavy (non-hydrogen) atoms. The van der Waals surface area contributed by atoms with Gasteiger partial charge in [0.25, 0.3) is 5.91 Å². The van der Waals surface area contributed by atoms with E-state index in [1.54, 1.807) is 12.1 Å². The first kappa shape index (κ1) is 21.8. The van der Waals surface area contributed by atoms with Crippen molar-refractivity contribution in [1.82, 2.24) is 15.2 Å². The zero-order chi connectivity index (χ0) is 22.6. The Morgan fingerprint density at radius 2 is 1.76 bits per heavy atom. The largest absolute Gasteiger partial charge is 0.379 e. The fraction of sp³-hybridized carbons (Fsp3) is 0.385. The molecule has 5 rings (SSSR count). The Morgan fingerprint density at radius 3 is 2.52 bits per heavy atom. The molecule has 3 heterocycles. The van der Waals surface area contributed by atoms with Gasteiger partial charge in [0, 0.05) is 38.1 Å². The molecule has 0 bridgehead atoms. The predicted molar refractivity (Wildman–Crippen MR) is 127 cm³/mol. The van der Waals surface area contributed by atoms with Crippen LogP contribution in [-0.2, 0) is 4.74 Å². The molecule has 2 saturated heterocycles. The Bertz CT molecular complexity index is 1110. The first-order chi connectivity index (χ1) is 16.2. The lowest BCUT2D eigenvalue weighted by Crippen LogP contribution is -2.44. The molecule has 2 aliphatic rings. The molecule has 0 spiro atoms. The number of hydrogen-bond donors (Lipinski definition) is 1. The maximum atomic E-state index is 13.5. The number of morpholine rings is 1. The lowest BCUT2D eigenvalue weighted by atomic mass is 10.0. The third-order valence-corrected chi connectivity index (χ3v) is 6.55. The lowest BCUT2D eigenvalue weighted by molar-refractivity contribution is 0.0162. The first-order valence-electron chi connectivity index (χ1n) is 11.7. The molecular weight excluding hydrogens is 419 g/mol. The third kappa shape index (κ3) is 4.84. The number of amides is 1. The number of ether oxygens (including phenoxy) is 1. The Balaban J connectivity index is 1.41. The number of benzene rings is 2. The SMILES string of the molecule is O=C(NCC(c1ccc(F)cc1)N1CCOCC1)c1cc2ccccc2nc1N1CCCC1. The highest BCUT2D eigenvalue weighted by Gasteiger charge is 2.26. The van der Waals surface area contributed by atoms with E-state index < -0.39 is 0 Å². The summed E-state index contributed by atoms with van der Waals surface area (Å²) in [6.07, 6.45) is 2.22. The van der Waals surface area contributed by atoms with Gasteiger partial charge in [-0.25, -0.2) is 9.37 Å². The van der Waals surface area contributed by atoms with Crippen LogP contribution in [0.3, 0.4) is 0 Å². The number of nitrogens with one attached hydrogen (secondary N) is 1. The van der Waals surface area contributed by atoms with Crippen molar-refractivity contribution in [3.05, 3.63) is 71.5 Å². The van der Waals surface area contributed by atoms with Crippen molar-refractivity contribution in [2.45, 2.75) is 18.9 Å². The Morgan fingerprint density at radius 1 is 1.03 bits per heavy atom. The summed E-state index contributed by atoms with van der Waals surface area (Å²) in [4.78, 5) is 22.8. The van der Waals surface area contributed by atoms with Gasteiger partial charge in [0.1, 0.15) is 11.6 Å². The van der Waals surface area contributed by atoms with Crippen LogP contribution < -0.4 is 10.2 Å². The van der Waals surface area contributed by atoms with E-state index in [1.165, 1.54) is 12.1 Å². The van der Waals surface area contributed by atoms with Gasteiger partial charge in [-0.05, 0) is 42.7 Å². The van der Waals surface area contributed by atoms with E-state index >= 15 is 0 Å². The summed E-state index contributed by atoms with van der Waals surface area (Å²) < 4.78 is 19.0. The van der Waals surface area contributed by atoms with Gasteiger partial charge >= 0.3 is 0 Å². The average molecular weight is 449 g/mol. The summed E-state index contributed by atoms with van der Waals surface area (Å²) in [5.74, 6) is 0.366. The molecule has 3 aromatic rings. The zero-order valence-electron chi connectivity index (χ0n) is 18.7. The molecule has 1 amide bonds. The molecule has 0 radical (unpaired) electrons. The molecule has 0 aliphatic carbocycles. The molecular formula is C26H29FN4O2. The van der Waals surface area contributed by atoms with Gasteiger partial charge in [0.05, 0.1) is 30.3 Å². The fourth-order valence-electron chi connectivity index (χ4n) is 4.76. The van der Waals surface area contributed by atoms with Gasteiger partial charge in [0.2, 0.25) is 0 Å². The van der Waals surface area contributed by atoms with Crippen LogP contribution in [0.5, 0.6) is 0 Å². The van der Waals surface area contributed by atoms with E-state index in [4.69, 9.17) is 9.72 Å². The quantitative estimate of drug-likeness (QED) is 0.622. The van der Waals surface area contributed by atoms with Crippen LogP contribution in [0, 0.1) is 5.82 Å². The number of para-hydroxylation sites is 1. The minimum atomic E-state index is -0.263. The molecule has 2 aromatic carbocycles. The maximum Gasteiger partial charge on any atom is 0.255 e. The molecule has 1 atom stereocenters. The first-order valence-corrected chi connectivity index (χ1v) is 11.7. The smallest absolute Gasteiger partial charge is 0.255 e. The number of carbonyl (C=O) groups excluding carboxylic acids is 1. The highest BCUT2D eigenvalue weighted by atomic mass is 19.1. The normalized spacial score (nSPS) is 17.9. The van der Waals surface area contributed by atoms with E-state index in [0.29, 0.717) is 25.3 Å². The third-order valence-electron chi connectivity index (χ3n) is 6.55. The van der Waals surface area contributed by atoms with E-state index in [9.17, 15) is 9.18 Å². The fourth-order valence-corrected chi connectivity index (χ4v) is 4.76. The van der Waals surface area contributed by atoms with Crippen LogP contribution in [0.15, 0.2) is 54.6 Å². The van der Waals surface area contributed by atoms with E-state index in [-0.39, 0.29) is 17.8 Å². The number of halogens is 1. The minimum Gasteiger partial charge on any atom is -0.379 e. The van der Waals surface area contributed by atoms with Crippen molar-refractivity contribution >= 4 is 22.6 Å². The summed E-state index contributed by atoms with van der Waals surface area (Å²) >= 11 is 0. The molecule has 7 heteroatoms. The molecule has 0 saturated carbocycles. The molecule has 2 fully saturated rings. The molecule has 6 nitrogen and oxygen atoms in total. The summed E-state index contributed by atoms with van der Waals surface area (Å²) in [5, 5.41) is 4.11. The Hall–Kier alpha value is -3.03. The van der Waals surface area contributed by atoms with Crippen LogP contribution in [0.4, 0.5) is 10.2 Å². The molecule has 172 valence electrons. The molecule has 1 unspecified atom stereocenters. The zero-order valence-corrected chi connectivity index (χ0v) is 18.7. The van der Waals surface area contributed by atoms with Crippen molar-refractivity contribution in [3.8, 4) is 0 Å². The molecule has 1 N–H and O–H groups in total. The van der Waals surface area contributed by atoms with Crippen LogP contribution in [0.25, 0.3) is 10.9 Å². The number of pyridine rings is 1. The van der Waals surface area contributed by atoms with Crippen molar-refractivity contribution in [2.75, 3.05) is 50.8 Å². The van der Waals surface area contributed by atoms with Crippen molar-refractivity contribution < 1.29 is 13.9 Å². The van der Waals surface area contributed by atoms with Gasteiger partial charge in [-0.3, -0.25) is 9.69 Å². The van der Waals surface area contributed by atoms with Crippen molar-refractivity contribution in [1.29, 1.82) is 0 Å². The number of aromatic nitrogens is 1. The van der Waals surface area contributed by atoms with Crippen molar-refractivity contribution in [2.24, 2.45) is 0 Å². The summed E-state index contributed by atoms with van der Waals surface area (Å²) in [6, 6.07) is 16.4. The number of hydrogen-bond acceptors (Lipinski definition) is 5. The average Bonchev–Trinajstić information content (AvgIpc) is 3.40. The second kappa shape index (κ2) is 9.85. The monoisotopic (exact) mass is 448 g/mol. The lowest BCUT2D eigenvalue weighted by Gasteiger charge is -2.35. The van der Waals surface area contributed by atoms with Crippen LogP contribution in [0.1, 0.15) is 34.8 Å². The minimum absolute atomic E-state index is 0.0536. The van der Waals surface area contributed by atoms with E-state index in [0.717, 1.165) is 61.3 Å². The number of anilines is 1. The molecule has 1 aromatic heterocycles. The topological polar surface area (TPSA) is 57.7 Å². The number of nitrogens with zero attached hydrogens (tertiary/aromatic N) is 3. The number of carbonyl (C=O) groups is 1. The standard InChI is InChI=1S/C26H29FN4O2/c27-21-9-7-19(8-10-21)24(30-13-15-33-16-14-30)18-28-26(32)22-17-20-5-1-2-6-23(20)29-25(22)31-11-3-4-12-31/h1-2,5-10,17,24H,3-4,11-16,18H2,(H,28,32). The van der Waals surface area contributed by atoms with Gasteiger partial charge in [0.15, 0.2) is 0 Å². The van der Waals surface area contributed by atoms with Crippen LogP contribution in [0.2, 0.25) is 0 Å². The van der Waals surface area contributed by atoms with Crippen LogP contribution >= 0.6 is 0 Å². The Kier molecular flexibility index (Phi) is 6.51. The highest BCUT2D eigenvalue weighted by Crippen LogP contribution is 2.27. The predicted octanol–water partition coefficient (Wildman–Crippen LogP) is 3.78. The van der Waals surface area contributed by atoms with Gasteiger partial charge in [-0.15, -0.1) is 0 Å². The highest BCUT2D eigenvalue weighted by molar-refractivity contribution is 6.02. The second-order valence-corrected chi connectivity index (χ2v) is 8.67. The summed E-state index contributed by atoms with van der Waals surface area (Å²) in [7, 11) is 0. The second-order valence-electron chi connectivity index (χ2n) is 8.67.